The molecule has 0 heterocycles. The second-order valence-corrected chi connectivity index (χ2v) is 10.6. The van der Waals surface area contributed by atoms with Crippen LogP contribution in [0.2, 0.25) is 0 Å². The number of alkyl carbamates (subject to hydrolysis) is 1. The van der Waals surface area contributed by atoms with Crippen LogP contribution in [0.4, 0.5) is 18.0 Å². The predicted molar refractivity (Wildman–Crippen MR) is 144 cm³/mol. The van der Waals surface area contributed by atoms with Gasteiger partial charge in [0.2, 0.25) is 0 Å². The van der Waals surface area contributed by atoms with E-state index in [1.807, 2.05) is 0 Å². The molecule has 1 N–H and O–H groups in total. The average molecular weight is 620 g/mol. The van der Waals surface area contributed by atoms with Crippen molar-refractivity contribution in [1.29, 1.82) is 0 Å². The van der Waals surface area contributed by atoms with E-state index < -0.39 is 58.1 Å². The van der Waals surface area contributed by atoms with E-state index in [1.165, 1.54) is 48.5 Å². The smallest absolute Gasteiger partial charge is 0.452 e. The monoisotopic (exact) mass is 619 g/mol. The van der Waals surface area contributed by atoms with E-state index >= 15 is 0 Å². The molecule has 1 aliphatic carbocycles. The summed E-state index contributed by atoms with van der Waals surface area (Å²) in [6, 6.07) is 23.3. The molecule has 4 atom stereocenters. The van der Waals surface area contributed by atoms with Crippen molar-refractivity contribution >= 4 is 28.1 Å². The summed E-state index contributed by atoms with van der Waals surface area (Å²) in [6.45, 7) is -0.0739. The molecule has 43 heavy (non-hydrogen) atoms. The standard InChI is InChI=1S/C29H24F3NO9S/c30-29(31,32)43(37,38)42-25-23(40-27(35)21-14-8-3-9-15-21)17-16-22(39-26(34)20-12-6-2-7-13-20)24(25)41-28(36)33-18-19-10-4-1-5-11-19/h1-17,22-25H,18H2,(H,33,36)/t22-,23-,24+,25+/m0/s1. The van der Waals surface area contributed by atoms with E-state index in [-0.39, 0.29) is 17.7 Å². The lowest BCUT2D eigenvalue weighted by molar-refractivity contribution is -0.103. The van der Waals surface area contributed by atoms with Gasteiger partial charge in [-0.05, 0) is 42.0 Å². The first-order valence-corrected chi connectivity index (χ1v) is 14.0. The number of benzene rings is 3. The molecule has 10 nitrogen and oxygen atoms in total. The van der Waals surface area contributed by atoms with Gasteiger partial charge in [0.1, 0.15) is 0 Å². The third kappa shape index (κ3) is 8.20. The Balaban J connectivity index is 1.67. The van der Waals surface area contributed by atoms with E-state index in [9.17, 15) is 36.0 Å². The first-order valence-electron chi connectivity index (χ1n) is 12.6. The van der Waals surface area contributed by atoms with Gasteiger partial charge in [-0.1, -0.05) is 66.7 Å². The normalized spacial score (nSPS) is 20.1. The molecule has 4 rings (SSSR count). The number of carbonyl (C=O) groups excluding carboxylic acids is 3. The Morgan fingerprint density at radius 3 is 1.58 bits per heavy atom. The minimum Gasteiger partial charge on any atom is -0.452 e. The largest absolute Gasteiger partial charge is 0.523 e. The Kier molecular flexibility index (Phi) is 9.83. The lowest BCUT2D eigenvalue weighted by Crippen LogP contribution is -2.55. The van der Waals surface area contributed by atoms with Crippen LogP contribution < -0.4 is 5.32 Å². The highest BCUT2D eigenvalue weighted by atomic mass is 32.2. The third-order valence-corrected chi connectivity index (χ3v) is 7.05. The highest BCUT2D eigenvalue weighted by molar-refractivity contribution is 7.87. The highest BCUT2D eigenvalue weighted by Crippen LogP contribution is 2.32. The maximum atomic E-state index is 13.4. The van der Waals surface area contributed by atoms with Crippen molar-refractivity contribution in [2.75, 3.05) is 0 Å². The van der Waals surface area contributed by atoms with Crippen molar-refractivity contribution in [1.82, 2.24) is 5.32 Å². The van der Waals surface area contributed by atoms with Crippen LogP contribution in [0.1, 0.15) is 26.3 Å². The molecule has 0 bridgehead atoms. The molecule has 14 heteroatoms. The van der Waals surface area contributed by atoms with E-state index in [0.29, 0.717) is 5.56 Å². The second kappa shape index (κ2) is 13.5. The first-order chi connectivity index (χ1) is 20.4. The van der Waals surface area contributed by atoms with Crippen molar-refractivity contribution in [3.8, 4) is 0 Å². The molecule has 1 aliphatic rings. The van der Waals surface area contributed by atoms with Crippen LogP contribution in [-0.4, -0.2) is 56.4 Å². The maximum absolute atomic E-state index is 13.4. The molecule has 226 valence electrons. The number of carbonyl (C=O) groups is 3. The van der Waals surface area contributed by atoms with Crippen LogP contribution in [-0.2, 0) is 35.1 Å². The minimum atomic E-state index is -6.34. The van der Waals surface area contributed by atoms with Crippen molar-refractivity contribution < 1.29 is 54.4 Å². The molecule has 0 fully saturated rings. The first kappa shape index (κ1) is 31.3. The van der Waals surface area contributed by atoms with E-state index in [4.69, 9.17) is 14.2 Å². The molecular formula is C29H24F3NO9S. The number of rotatable bonds is 9. The molecule has 3 aromatic rings. The number of hydrogen-bond acceptors (Lipinski definition) is 9. The fraction of sp³-hybridized carbons (Fsp3) is 0.207. The lowest BCUT2D eigenvalue weighted by Gasteiger charge is -2.37. The second-order valence-electron chi connectivity index (χ2n) is 9.03. The van der Waals surface area contributed by atoms with Crippen molar-refractivity contribution in [2.24, 2.45) is 0 Å². The van der Waals surface area contributed by atoms with Gasteiger partial charge in [-0.3, -0.25) is 4.18 Å². The summed E-state index contributed by atoms with van der Waals surface area (Å²) in [4.78, 5) is 38.4. The number of hydrogen-bond donors (Lipinski definition) is 1. The Morgan fingerprint density at radius 2 is 1.12 bits per heavy atom. The number of alkyl halides is 3. The van der Waals surface area contributed by atoms with Gasteiger partial charge in [-0.15, -0.1) is 0 Å². The zero-order valence-corrected chi connectivity index (χ0v) is 22.9. The van der Waals surface area contributed by atoms with Crippen LogP contribution in [0.25, 0.3) is 0 Å². The van der Waals surface area contributed by atoms with Crippen molar-refractivity contribution in [2.45, 2.75) is 36.5 Å². The summed E-state index contributed by atoms with van der Waals surface area (Å²) in [5.74, 6) is -2.01. The summed E-state index contributed by atoms with van der Waals surface area (Å²) >= 11 is 0. The average Bonchev–Trinajstić information content (AvgIpc) is 2.99. The molecular weight excluding hydrogens is 595 g/mol. The fourth-order valence-electron chi connectivity index (χ4n) is 3.94. The topological polar surface area (TPSA) is 134 Å². The Bertz CT molecular complexity index is 1550. The van der Waals surface area contributed by atoms with Crippen molar-refractivity contribution in [3.63, 3.8) is 0 Å². The molecule has 0 saturated heterocycles. The van der Waals surface area contributed by atoms with Gasteiger partial charge in [-0.25, -0.2) is 14.4 Å². The molecule has 0 aromatic heterocycles. The summed E-state index contributed by atoms with van der Waals surface area (Å²) in [7, 11) is -6.34. The Hall–Kier alpha value is -4.69. The minimum absolute atomic E-state index is 0.0102. The molecule has 0 radical (unpaired) electrons. The number of amides is 1. The van der Waals surface area contributed by atoms with Gasteiger partial charge in [0.05, 0.1) is 11.1 Å². The number of esters is 2. The zero-order valence-electron chi connectivity index (χ0n) is 22.0. The molecule has 3 aromatic carbocycles. The van der Waals surface area contributed by atoms with Gasteiger partial charge < -0.3 is 19.5 Å². The van der Waals surface area contributed by atoms with Gasteiger partial charge in [0.15, 0.2) is 24.4 Å². The van der Waals surface area contributed by atoms with E-state index in [1.54, 1.807) is 42.5 Å². The van der Waals surface area contributed by atoms with Gasteiger partial charge in [0.25, 0.3) is 0 Å². The van der Waals surface area contributed by atoms with Gasteiger partial charge in [-0.2, -0.15) is 21.6 Å². The fourth-order valence-corrected chi connectivity index (χ4v) is 4.56. The summed E-state index contributed by atoms with van der Waals surface area (Å²) in [5.41, 5.74) is -5.22. The van der Waals surface area contributed by atoms with Crippen LogP contribution in [0.15, 0.2) is 103 Å². The predicted octanol–water partition coefficient (Wildman–Crippen LogP) is 4.54. The SMILES string of the molecule is O=C(NCc1ccccc1)O[C@H]1[C@H](OS(=O)(=O)C(F)(F)F)[C@@H](OC(=O)c2ccccc2)C=C[C@@H]1OC(=O)c1ccccc1. The molecule has 0 spiro atoms. The van der Waals surface area contributed by atoms with Crippen LogP contribution in [0, 0.1) is 0 Å². The Morgan fingerprint density at radius 1 is 0.674 bits per heavy atom. The van der Waals surface area contributed by atoms with Gasteiger partial charge >= 0.3 is 33.7 Å². The maximum Gasteiger partial charge on any atom is 0.523 e. The lowest BCUT2D eigenvalue weighted by atomic mass is 9.95. The summed E-state index contributed by atoms with van der Waals surface area (Å²) in [6.07, 6.45) is -6.96. The van der Waals surface area contributed by atoms with E-state index in [2.05, 4.69) is 9.50 Å². The zero-order chi connectivity index (χ0) is 31.0. The molecule has 1 amide bonds. The third-order valence-electron chi connectivity index (χ3n) is 6.01. The number of halogens is 3. The van der Waals surface area contributed by atoms with Crippen LogP contribution >= 0.6 is 0 Å². The van der Waals surface area contributed by atoms with Crippen LogP contribution in [0.5, 0.6) is 0 Å². The molecule has 0 saturated carbocycles. The van der Waals surface area contributed by atoms with E-state index in [0.717, 1.165) is 12.2 Å². The molecule has 0 unspecified atom stereocenters. The quantitative estimate of drug-likeness (QED) is 0.120. The molecule has 0 aliphatic heterocycles. The highest BCUT2D eigenvalue weighted by Gasteiger charge is 2.54. The number of nitrogens with one attached hydrogen (secondary N) is 1. The Labute approximate surface area is 244 Å². The summed E-state index contributed by atoms with van der Waals surface area (Å²) in [5, 5.41) is 2.39. The van der Waals surface area contributed by atoms with Crippen molar-refractivity contribution in [3.05, 3.63) is 120 Å². The van der Waals surface area contributed by atoms with Crippen LogP contribution in [0.3, 0.4) is 0 Å². The van der Waals surface area contributed by atoms with Gasteiger partial charge in [0, 0.05) is 6.54 Å². The number of ether oxygens (including phenoxy) is 3. The summed E-state index contributed by atoms with van der Waals surface area (Å²) < 4.78 is 85.1.